The first kappa shape index (κ1) is 31.1. The second kappa shape index (κ2) is 19.9. The molecule has 2 aromatic rings. The van der Waals surface area contributed by atoms with Crippen LogP contribution in [0.3, 0.4) is 0 Å². The van der Waals surface area contributed by atoms with E-state index < -0.39 is 0 Å². The van der Waals surface area contributed by atoms with Crippen molar-refractivity contribution in [2.75, 3.05) is 16.4 Å². The first-order valence-corrected chi connectivity index (χ1v) is 14.4. The molecule has 0 aliphatic carbocycles. The van der Waals surface area contributed by atoms with E-state index in [1.54, 1.807) is 24.3 Å². The highest BCUT2D eigenvalue weighted by Crippen LogP contribution is 2.20. The van der Waals surface area contributed by atoms with Gasteiger partial charge in [0.1, 0.15) is 17.5 Å². The number of nitrogens with one attached hydrogen (secondary N) is 2. The van der Waals surface area contributed by atoms with Crippen molar-refractivity contribution in [3.8, 4) is 0 Å². The van der Waals surface area contributed by atoms with Gasteiger partial charge in [0.05, 0.1) is 5.69 Å². The first-order chi connectivity index (χ1) is 18.6. The minimum atomic E-state index is -0.265. The summed E-state index contributed by atoms with van der Waals surface area (Å²) in [5.41, 5.74) is 7.46. The average Bonchev–Trinajstić information content (AvgIpc) is 2.91. The molecule has 6 heteroatoms. The summed E-state index contributed by atoms with van der Waals surface area (Å²) in [4.78, 5) is 16.6. The van der Waals surface area contributed by atoms with Gasteiger partial charge in [-0.15, -0.1) is 0 Å². The van der Waals surface area contributed by atoms with Crippen LogP contribution in [0.1, 0.15) is 102 Å². The molecule has 1 amide bonds. The lowest BCUT2D eigenvalue weighted by atomic mass is 10.1. The summed E-state index contributed by atoms with van der Waals surface area (Å²) in [6, 6.07) is 9.78. The summed E-state index contributed by atoms with van der Waals surface area (Å²) < 4.78 is 13.0. The normalized spacial score (nSPS) is 11.4. The fourth-order valence-corrected chi connectivity index (χ4v) is 4.15. The Kier molecular flexibility index (Phi) is 16.3. The van der Waals surface area contributed by atoms with E-state index in [1.807, 2.05) is 0 Å². The number of carbonyl (C=O) groups is 1. The van der Waals surface area contributed by atoms with Crippen molar-refractivity contribution in [1.29, 1.82) is 0 Å². The van der Waals surface area contributed by atoms with E-state index in [4.69, 9.17) is 5.73 Å². The Morgan fingerprint density at radius 3 is 2.13 bits per heavy atom. The average molecular weight is 523 g/mol. The molecule has 0 saturated heterocycles. The molecule has 0 saturated carbocycles. The Morgan fingerprint density at radius 1 is 0.842 bits per heavy atom. The topological polar surface area (TPSA) is 80.0 Å². The molecular weight excluding hydrogens is 475 g/mol. The Balaban J connectivity index is 1.50. The van der Waals surface area contributed by atoms with E-state index in [9.17, 15) is 9.18 Å². The number of nitrogens with two attached hydrogens (primary N) is 1. The molecule has 0 aliphatic heterocycles. The zero-order valence-corrected chi connectivity index (χ0v) is 23.2. The molecule has 5 nitrogen and oxygen atoms in total. The largest absolute Gasteiger partial charge is 0.382 e. The van der Waals surface area contributed by atoms with Gasteiger partial charge in [-0.25, -0.2) is 9.37 Å². The molecule has 0 unspecified atom stereocenters. The summed E-state index contributed by atoms with van der Waals surface area (Å²) in [6.45, 7) is 2.77. The maximum Gasteiger partial charge on any atom is 0.224 e. The number of carbonyl (C=O) groups excluding carboxylic acids is 1. The van der Waals surface area contributed by atoms with Crippen LogP contribution in [-0.2, 0) is 11.3 Å². The molecule has 0 fully saturated rings. The van der Waals surface area contributed by atoms with E-state index in [0.29, 0.717) is 24.5 Å². The second-order valence-corrected chi connectivity index (χ2v) is 9.85. The van der Waals surface area contributed by atoms with Crippen molar-refractivity contribution >= 4 is 23.2 Å². The predicted molar refractivity (Wildman–Crippen MR) is 160 cm³/mol. The minimum Gasteiger partial charge on any atom is -0.382 e. The molecule has 0 aliphatic rings. The molecule has 208 valence electrons. The van der Waals surface area contributed by atoms with E-state index in [2.05, 4.69) is 46.8 Å². The van der Waals surface area contributed by atoms with Gasteiger partial charge in [-0.3, -0.25) is 4.79 Å². The number of hydrogen-bond acceptors (Lipinski definition) is 4. The highest BCUT2D eigenvalue weighted by atomic mass is 19.1. The van der Waals surface area contributed by atoms with Crippen molar-refractivity contribution < 1.29 is 9.18 Å². The van der Waals surface area contributed by atoms with Gasteiger partial charge < -0.3 is 16.4 Å². The van der Waals surface area contributed by atoms with Gasteiger partial charge in [0.2, 0.25) is 5.91 Å². The number of pyridine rings is 1. The summed E-state index contributed by atoms with van der Waals surface area (Å²) >= 11 is 0. The number of halogens is 1. The number of hydrogen-bond donors (Lipinski definition) is 3. The maximum atomic E-state index is 13.0. The van der Waals surface area contributed by atoms with E-state index in [0.717, 1.165) is 24.8 Å². The lowest BCUT2D eigenvalue weighted by Gasteiger charge is -2.10. The van der Waals surface area contributed by atoms with Crippen LogP contribution in [0.15, 0.2) is 60.7 Å². The molecule has 1 heterocycles. The monoisotopic (exact) mass is 522 g/mol. The molecular formula is C32H47FN4O. The molecule has 1 aromatic heterocycles. The van der Waals surface area contributed by atoms with Gasteiger partial charge in [0.25, 0.3) is 0 Å². The molecule has 0 spiro atoms. The lowest BCUT2D eigenvalue weighted by Crippen LogP contribution is -2.13. The first-order valence-electron chi connectivity index (χ1n) is 14.4. The zero-order valence-electron chi connectivity index (χ0n) is 23.2. The smallest absolute Gasteiger partial charge is 0.224 e. The Hall–Kier alpha value is -3.15. The summed E-state index contributed by atoms with van der Waals surface area (Å²) in [5, 5.41) is 5.99. The number of anilines is 3. The molecule has 0 radical (unpaired) electrons. The van der Waals surface area contributed by atoms with E-state index >= 15 is 0 Å². The SMILES string of the molecule is CCCCCCCCCCC/C=C\C/C=C\CCCC(=O)Nc1ccc(NCc2ccc(F)cc2)nc1N. The quantitative estimate of drug-likeness (QED) is 0.120. The van der Waals surface area contributed by atoms with Gasteiger partial charge in [-0.05, 0) is 61.9 Å². The fourth-order valence-electron chi connectivity index (χ4n) is 4.15. The van der Waals surface area contributed by atoms with Crippen LogP contribution >= 0.6 is 0 Å². The van der Waals surface area contributed by atoms with E-state index in [-0.39, 0.29) is 17.5 Å². The number of benzene rings is 1. The Bertz CT molecular complexity index is 972. The van der Waals surface area contributed by atoms with Gasteiger partial charge in [0, 0.05) is 13.0 Å². The van der Waals surface area contributed by atoms with Crippen LogP contribution in [0.25, 0.3) is 0 Å². The molecule has 0 bridgehead atoms. The lowest BCUT2D eigenvalue weighted by molar-refractivity contribution is -0.116. The Morgan fingerprint density at radius 2 is 1.47 bits per heavy atom. The van der Waals surface area contributed by atoms with Crippen molar-refractivity contribution in [2.24, 2.45) is 0 Å². The van der Waals surface area contributed by atoms with Crippen LogP contribution < -0.4 is 16.4 Å². The van der Waals surface area contributed by atoms with Crippen molar-refractivity contribution in [3.05, 3.63) is 72.1 Å². The minimum absolute atomic E-state index is 0.0697. The van der Waals surface area contributed by atoms with Crippen LogP contribution in [0.2, 0.25) is 0 Å². The third-order valence-electron chi connectivity index (χ3n) is 6.44. The van der Waals surface area contributed by atoms with Crippen LogP contribution in [-0.4, -0.2) is 10.9 Å². The number of aromatic nitrogens is 1. The molecule has 0 atom stereocenters. The van der Waals surface area contributed by atoms with E-state index in [1.165, 1.54) is 76.3 Å². The second-order valence-electron chi connectivity index (χ2n) is 9.85. The van der Waals surface area contributed by atoms with Crippen molar-refractivity contribution in [1.82, 2.24) is 4.98 Å². The van der Waals surface area contributed by atoms with Gasteiger partial charge in [0.15, 0.2) is 0 Å². The third kappa shape index (κ3) is 14.6. The van der Waals surface area contributed by atoms with Crippen LogP contribution in [0.4, 0.5) is 21.7 Å². The third-order valence-corrected chi connectivity index (χ3v) is 6.44. The number of nitrogens with zero attached hydrogens (tertiary/aromatic N) is 1. The zero-order chi connectivity index (χ0) is 27.3. The summed E-state index contributed by atoms with van der Waals surface area (Å²) in [5.74, 6) is 0.521. The molecule has 2 rings (SSSR count). The highest BCUT2D eigenvalue weighted by molar-refractivity contribution is 5.93. The van der Waals surface area contributed by atoms with Crippen molar-refractivity contribution in [2.45, 2.75) is 103 Å². The number of unbranched alkanes of at least 4 members (excludes halogenated alkanes) is 10. The van der Waals surface area contributed by atoms with Gasteiger partial charge in [-0.1, -0.05) is 94.7 Å². The highest BCUT2D eigenvalue weighted by Gasteiger charge is 2.07. The van der Waals surface area contributed by atoms with Crippen molar-refractivity contribution in [3.63, 3.8) is 0 Å². The summed E-state index contributed by atoms with van der Waals surface area (Å²) in [7, 11) is 0. The molecule has 38 heavy (non-hydrogen) atoms. The number of nitrogen functional groups attached to an aromatic ring is 1. The molecule has 1 aromatic carbocycles. The number of allylic oxidation sites excluding steroid dienone is 4. The van der Waals surface area contributed by atoms with Gasteiger partial charge in [-0.2, -0.15) is 0 Å². The number of rotatable bonds is 20. The number of amides is 1. The summed E-state index contributed by atoms with van der Waals surface area (Å²) in [6.07, 6.45) is 25.4. The standard InChI is InChI=1S/C32H47FN4O/c1-2-3-4-5-6-7-8-9-10-11-12-13-14-15-16-17-18-19-31(38)36-29-24-25-30(37-32(29)34)35-26-27-20-22-28(33)23-21-27/h12-13,15-16,20-25H,2-11,14,17-19,26H2,1H3,(H,36,38)(H3,34,35,37)/b13-12-,16-15-. The predicted octanol–water partition coefficient (Wildman–Crippen LogP) is 8.95. The molecule has 4 N–H and O–H groups in total. The van der Waals surface area contributed by atoms with Gasteiger partial charge >= 0.3 is 0 Å². The fraction of sp³-hybridized carbons (Fsp3) is 0.500. The van der Waals surface area contributed by atoms with Crippen LogP contribution in [0, 0.1) is 5.82 Å². The Labute approximate surface area is 229 Å². The maximum absolute atomic E-state index is 13.0. The van der Waals surface area contributed by atoms with Crippen LogP contribution in [0.5, 0.6) is 0 Å².